The van der Waals surface area contributed by atoms with Gasteiger partial charge in [0.05, 0.1) is 18.8 Å². The summed E-state index contributed by atoms with van der Waals surface area (Å²) in [6, 6.07) is 0. The highest BCUT2D eigenvalue weighted by atomic mass is 19.3. The number of hydrogen-bond donors (Lipinski definition) is 0. The van der Waals surface area contributed by atoms with E-state index in [2.05, 4.69) is 0 Å². The van der Waals surface area contributed by atoms with Crippen LogP contribution in [-0.4, -0.2) is 41.7 Å². The number of nitrogens with zero attached hydrogens (tertiary/aromatic N) is 1. The molecule has 0 aromatic rings. The molecule has 0 aromatic heterocycles. The molecule has 1 heterocycles. The molecule has 16 heavy (non-hydrogen) atoms. The van der Waals surface area contributed by atoms with E-state index in [1.54, 1.807) is 0 Å². The first kappa shape index (κ1) is 12.2. The Morgan fingerprint density at radius 1 is 1.19 bits per heavy atom. The van der Waals surface area contributed by atoms with Gasteiger partial charge in [-0.05, 0) is 33.6 Å². The fourth-order valence-electron chi connectivity index (χ4n) is 2.19. The summed E-state index contributed by atoms with van der Waals surface area (Å²) in [6.45, 7) is 7.03. The largest absolute Gasteiger partial charge is 0.374 e. The van der Waals surface area contributed by atoms with Crippen molar-refractivity contribution in [2.24, 2.45) is 0 Å². The number of hydrogen-bond acceptors (Lipinski definition) is 2. The van der Waals surface area contributed by atoms with E-state index >= 15 is 0 Å². The molecule has 1 aliphatic carbocycles. The zero-order valence-electron chi connectivity index (χ0n) is 10.4. The van der Waals surface area contributed by atoms with Gasteiger partial charge in [-0.2, -0.15) is 0 Å². The Hall–Kier alpha value is -0.220. The van der Waals surface area contributed by atoms with Gasteiger partial charge in [-0.1, -0.05) is 0 Å². The van der Waals surface area contributed by atoms with Crippen LogP contribution in [0.2, 0.25) is 0 Å². The first-order valence-corrected chi connectivity index (χ1v) is 5.99. The molecule has 94 valence electrons. The minimum Gasteiger partial charge on any atom is -0.374 e. The third-order valence-corrected chi connectivity index (χ3v) is 3.44. The third kappa shape index (κ3) is 2.72. The third-order valence-electron chi connectivity index (χ3n) is 3.44. The van der Waals surface area contributed by atoms with Gasteiger partial charge in [-0.25, -0.2) is 8.78 Å². The zero-order valence-corrected chi connectivity index (χ0v) is 10.4. The highest BCUT2D eigenvalue weighted by Crippen LogP contribution is 2.46. The van der Waals surface area contributed by atoms with E-state index in [9.17, 15) is 8.78 Å². The second kappa shape index (κ2) is 3.64. The van der Waals surface area contributed by atoms with Crippen LogP contribution in [0.3, 0.4) is 0 Å². The molecular formula is C12H21F2NO. The lowest BCUT2D eigenvalue weighted by atomic mass is 10.2. The monoisotopic (exact) mass is 233 g/mol. The van der Waals surface area contributed by atoms with Crippen molar-refractivity contribution in [2.45, 2.75) is 57.1 Å². The van der Waals surface area contributed by atoms with E-state index in [0.29, 0.717) is 13.2 Å². The predicted molar refractivity (Wildman–Crippen MR) is 58.8 cm³/mol. The van der Waals surface area contributed by atoms with Crippen molar-refractivity contribution in [1.82, 2.24) is 4.90 Å². The molecule has 0 spiro atoms. The van der Waals surface area contributed by atoms with Gasteiger partial charge in [0.1, 0.15) is 0 Å². The molecule has 1 saturated heterocycles. The number of likely N-dealkylation sites (tertiary alicyclic amines) is 1. The van der Waals surface area contributed by atoms with Crippen molar-refractivity contribution in [3.8, 4) is 0 Å². The lowest BCUT2D eigenvalue weighted by molar-refractivity contribution is -0.0484. The van der Waals surface area contributed by atoms with Gasteiger partial charge in [0.15, 0.2) is 0 Å². The fraction of sp³-hybridized carbons (Fsp3) is 1.00. The number of rotatable bonds is 3. The van der Waals surface area contributed by atoms with Crippen molar-refractivity contribution in [3.05, 3.63) is 0 Å². The van der Waals surface area contributed by atoms with Crippen LogP contribution in [0.5, 0.6) is 0 Å². The Bertz CT molecular complexity index is 269. The van der Waals surface area contributed by atoms with Crippen LogP contribution < -0.4 is 0 Å². The van der Waals surface area contributed by atoms with Crippen LogP contribution in [0.15, 0.2) is 0 Å². The van der Waals surface area contributed by atoms with Crippen molar-refractivity contribution in [1.29, 1.82) is 0 Å². The summed E-state index contributed by atoms with van der Waals surface area (Å²) in [5, 5.41) is 0. The van der Waals surface area contributed by atoms with Gasteiger partial charge in [0, 0.05) is 18.5 Å². The second-order valence-electron chi connectivity index (χ2n) is 6.15. The Morgan fingerprint density at radius 3 is 2.19 bits per heavy atom. The normalized spacial score (nSPS) is 28.3. The summed E-state index contributed by atoms with van der Waals surface area (Å²) in [5.41, 5.74) is -0.259. The topological polar surface area (TPSA) is 12.5 Å². The Kier molecular flexibility index (Phi) is 2.78. The van der Waals surface area contributed by atoms with E-state index in [0.717, 1.165) is 12.8 Å². The highest BCUT2D eigenvalue weighted by molar-refractivity contribution is 5.07. The molecule has 0 aromatic carbocycles. The molecule has 0 atom stereocenters. The van der Waals surface area contributed by atoms with Gasteiger partial charge < -0.3 is 4.74 Å². The molecule has 0 bridgehead atoms. The molecule has 1 saturated carbocycles. The van der Waals surface area contributed by atoms with Crippen LogP contribution in [0.25, 0.3) is 0 Å². The van der Waals surface area contributed by atoms with Gasteiger partial charge in [-0.3, -0.25) is 4.90 Å². The van der Waals surface area contributed by atoms with Crippen LogP contribution in [0, 0.1) is 0 Å². The summed E-state index contributed by atoms with van der Waals surface area (Å²) in [4.78, 5) is 1.93. The Labute approximate surface area is 95.9 Å². The molecule has 2 aliphatic rings. The first-order valence-electron chi connectivity index (χ1n) is 5.99. The van der Waals surface area contributed by atoms with E-state index in [1.165, 1.54) is 0 Å². The molecular weight excluding hydrogens is 212 g/mol. The lowest BCUT2D eigenvalue weighted by Gasteiger charge is -2.30. The van der Waals surface area contributed by atoms with Crippen molar-refractivity contribution < 1.29 is 13.5 Å². The summed E-state index contributed by atoms with van der Waals surface area (Å²) in [7, 11) is 0. The SMILES string of the molecule is CC(C)(C)OCC1(N2CCC(F)(F)C2)CC1. The highest BCUT2D eigenvalue weighted by Gasteiger charge is 2.54. The molecule has 0 unspecified atom stereocenters. The molecule has 0 radical (unpaired) electrons. The van der Waals surface area contributed by atoms with Crippen LogP contribution >= 0.6 is 0 Å². The molecule has 2 fully saturated rings. The maximum Gasteiger partial charge on any atom is 0.261 e. The zero-order chi connectivity index (χ0) is 12.0. The summed E-state index contributed by atoms with van der Waals surface area (Å²) >= 11 is 0. The van der Waals surface area contributed by atoms with Crippen molar-refractivity contribution >= 4 is 0 Å². The quantitative estimate of drug-likeness (QED) is 0.743. The van der Waals surface area contributed by atoms with E-state index in [-0.39, 0.29) is 24.1 Å². The molecule has 2 rings (SSSR count). The summed E-state index contributed by atoms with van der Waals surface area (Å²) < 4.78 is 32.0. The van der Waals surface area contributed by atoms with Gasteiger partial charge in [-0.15, -0.1) is 0 Å². The maximum atomic E-state index is 13.1. The number of ether oxygens (including phenoxy) is 1. The van der Waals surface area contributed by atoms with Gasteiger partial charge in [0.2, 0.25) is 0 Å². The molecule has 2 nitrogen and oxygen atoms in total. The van der Waals surface area contributed by atoms with Crippen LogP contribution in [-0.2, 0) is 4.74 Å². The predicted octanol–water partition coefficient (Wildman–Crippen LogP) is 2.68. The first-order chi connectivity index (χ1) is 7.23. The molecule has 0 N–H and O–H groups in total. The average Bonchev–Trinajstić information content (AvgIpc) is 2.82. The molecule has 4 heteroatoms. The minimum absolute atomic E-state index is 0.00423. The van der Waals surface area contributed by atoms with Gasteiger partial charge >= 0.3 is 0 Å². The molecule has 0 amide bonds. The summed E-state index contributed by atoms with van der Waals surface area (Å²) in [5.74, 6) is -2.49. The number of alkyl halides is 2. The average molecular weight is 233 g/mol. The van der Waals surface area contributed by atoms with Gasteiger partial charge in [0.25, 0.3) is 5.92 Å². The standard InChI is InChI=1S/C12H21F2NO/c1-10(2,3)16-9-11(4-5-11)15-7-6-12(13,14)8-15/h4-9H2,1-3H3. The smallest absolute Gasteiger partial charge is 0.261 e. The Balaban J connectivity index is 1.89. The second-order valence-corrected chi connectivity index (χ2v) is 6.15. The van der Waals surface area contributed by atoms with Crippen LogP contribution in [0.1, 0.15) is 40.0 Å². The van der Waals surface area contributed by atoms with E-state index < -0.39 is 5.92 Å². The van der Waals surface area contributed by atoms with Crippen molar-refractivity contribution in [3.63, 3.8) is 0 Å². The summed E-state index contributed by atoms with van der Waals surface area (Å²) in [6.07, 6.45) is 2.00. The minimum atomic E-state index is -2.49. The Morgan fingerprint density at radius 2 is 1.81 bits per heavy atom. The number of halogens is 2. The van der Waals surface area contributed by atoms with E-state index in [1.807, 2.05) is 25.7 Å². The van der Waals surface area contributed by atoms with E-state index in [4.69, 9.17) is 4.74 Å². The fourth-order valence-corrected chi connectivity index (χ4v) is 2.19. The molecule has 1 aliphatic heterocycles. The lowest BCUT2D eigenvalue weighted by Crippen LogP contribution is -2.42. The van der Waals surface area contributed by atoms with Crippen LogP contribution in [0.4, 0.5) is 8.78 Å². The maximum absolute atomic E-state index is 13.1. The van der Waals surface area contributed by atoms with Crippen molar-refractivity contribution in [2.75, 3.05) is 19.7 Å².